The van der Waals surface area contributed by atoms with Gasteiger partial charge in [0.2, 0.25) is 9.84 Å². The van der Waals surface area contributed by atoms with Crippen LogP contribution in [-0.2, 0) is 9.84 Å². The van der Waals surface area contributed by atoms with Gasteiger partial charge in [-0.1, -0.05) is 11.6 Å². The highest BCUT2D eigenvalue weighted by Gasteiger charge is 2.22. The summed E-state index contributed by atoms with van der Waals surface area (Å²) in [6, 6.07) is 8.88. The first-order valence-electron chi connectivity index (χ1n) is 5.29. The fourth-order valence-electron chi connectivity index (χ4n) is 1.60. The SMILES string of the molecule is COc1ccc(Cl)cc1S(=O)(=O)c1ccc(F)cc1. The third-order valence-corrected chi connectivity index (χ3v) is 4.57. The van der Waals surface area contributed by atoms with Gasteiger partial charge < -0.3 is 4.74 Å². The normalized spacial score (nSPS) is 11.3. The van der Waals surface area contributed by atoms with E-state index in [1.165, 1.54) is 37.4 Å². The van der Waals surface area contributed by atoms with Crippen LogP contribution in [0.5, 0.6) is 5.75 Å². The highest BCUT2D eigenvalue weighted by Crippen LogP contribution is 2.31. The van der Waals surface area contributed by atoms with Crippen molar-refractivity contribution in [3.63, 3.8) is 0 Å². The number of sulfone groups is 1. The van der Waals surface area contributed by atoms with E-state index in [-0.39, 0.29) is 20.6 Å². The monoisotopic (exact) mass is 300 g/mol. The van der Waals surface area contributed by atoms with Crippen LogP contribution >= 0.6 is 11.6 Å². The molecule has 0 spiro atoms. The molecule has 0 bridgehead atoms. The van der Waals surface area contributed by atoms with Gasteiger partial charge >= 0.3 is 0 Å². The van der Waals surface area contributed by atoms with Crippen LogP contribution in [-0.4, -0.2) is 15.5 Å². The summed E-state index contributed by atoms with van der Waals surface area (Å²) >= 11 is 5.81. The maximum absolute atomic E-state index is 12.8. The Hall–Kier alpha value is -1.59. The summed E-state index contributed by atoms with van der Waals surface area (Å²) < 4.78 is 42.7. The van der Waals surface area contributed by atoms with E-state index in [9.17, 15) is 12.8 Å². The van der Waals surface area contributed by atoms with Crippen molar-refractivity contribution in [3.05, 3.63) is 53.3 Å². The smallest absolute Gasteiger partial charge is 0.210 e. The fourth-order valence-corrected chi connectivity index (χ4v) is 3.28. The number of rotatable bonds is 3. The molecule has 0 aliphatic heterocycles. The maximum atomic E-state index is 12.8. The van der Waals surface area contributed by atoms with Gasteiger partial charge in [0.15, 0.2) is 0 Å². The summed E-state index contributed by atoms with van der Waals surface area (Å²) in [7, 11) is -2.43. The average Bonchev–Trinajstić information content (AvgIpc) is 2.39. The van der Waals surface area contributed by atoms with Crippen molar-refractivity contribution in [3.8, 4) is 5.75 Å². The predicted octanol–water partition coefficient (Wildman–Crippen LogP) is 3.32. The minimum Gasteiger partial charge on any atom is -0.495 e. The summed E-state index contributed by atoms with van der Waals surface area (Å²) in [5, 5.41) is 0.279. The van der Waals surface area contributed by atoms with Crippen LogP contribution in [0.4, 0.5) is 4.39 Å². The van der Waals surface area contributed by atoms with Gasteiger partial charge in [-0.3, -0.25) is 0 Å². The molecule has 2 rings (SSSR count). The van der Waals surface area contributed by atoms with E-state index in [2.05, 4.69) is 0 Å². The molecular formula is C13H10ClFO3S. The van der Waals surface area contributed by atoms with Crippen LogP contribution < -0.4 is 4.74 Å². The van der Waals surface area contributed by atoms with E-state index in [4.69, 9.17) is 16.3 Å². The second-order valence-corrected chi connectivity index (χ2v) is 6.11. The van der Waals surface area contributed by atoms with Gasteiger partial charge in [-0.05, 0) is 42.5 Å². The molecule has 100 valence electrons. The topological polar surface area (TPSA) is 43.4 Å². The van der Waals surface area contributed by atoms with Crippen molar-refractivity contribution >= 4 is 21.4 Å². The molecule has 0 heterocycles. The van der Waals surface area contributed by atoms with Crippen molar-refractivity contribution < 1.29 is 17.5 Å². The number of halogens is 2. The molecule has 2 aromatic carbocycles. The Balaban J connectivity index is 2.62. The van der Waals surface area contributed by atoms with Crippen molar-refractivity contribution in [1.29, 1.82) is 0 Å². The summed E-state index contributed by atoms with van der Waals surface area (Å²) in [4.78, 5) is -0.0661. The minimum atomic E-state index is -3.80. The van der Waals surface area contributed by atoms with E-state index >= 15 is 0 Å². The minimum absolute atomic E-state index is 0.0190. The zero-order chi connectivity index (χ0) is 14.0. The second-order valence-electron chi connectivity index (χ2n) is 3.75. The number of methoxy groups -OCH3 is 1. The Morgan fingerprint density at radius 1 is 1.11 bits per heavy atom. The van der Waals surface area contributed by atoms with Gasteiger partial charge in [-0.15, -0.1) is 0 Å². The zero-order valence-corrected chi connectivity index (χ0v) is 11.5. The highest BCUT2D eigenvalue weighted by molar-refractivity contribution is 7.91. The molecule has 19 heavy (non-hydrogen) atoms. The molecule has 0 fully saturated rings. The summed E-state index contributed by atoms with van der Waals surface area (Å²) in [5.74, 6) is -0.314. The number of benzene rings is 2. The first kappa shape index (κ1) is 13.8. The first-order valence-corrected chi connectivity index (χ1v) is 7.15. The molecule has 0 aromatic heterocycles. The largest absolute Gasteiger partial charge is 0.495 e. The van der Waals surface area contributed by atoms with Gasteiger partial charge in [-0.2, -0.15) is 0 Å². The lowest BCUT2D eigenvalue weighted by molar-refractivity contribution is 0.402. The van der Waals surface area contributed by atoms with Gasteiger partial charge in [0.05, 0.1) is 12.0 Å². The van der Waals surface area contributed by atoms with E-state index < -0.39 is 15.7 Å². The van der Waals surface area contributed by atoms with E-state index in [1.54, 1.807) is 0 Å². The molecular weight excluding hydrogens is 291 g/mol. The molecule has 0 amide bonds. The second kappa shape index (κ2) is 5.19. The molecule has 6 heteroatoms. The van der Waals surface area contributed by atoms with Gasteiger partial charge in [0.25, 0.3) is 0 Å². The molecule has 0 unspecified atom stereocenters. The van der Waals surface area contributed by atoms with E-state index in [0.717, 1.165) is 12.1 Å². The molecule has 3 nitrogen and oxygen atoms in total. The van der Waals surface area contributed by atoms with Crippen LogP contribution in [0.25, 0.3) is 0 Å². The molecule has 0 saturated heterocycles. The van der Waals surface area contributed by atoms with Crippen LogP contribution in [0, 0.1) is 5.82 Å². The molecule has 0 aliphatic carbocycles. The average molecular weight is 301 g/mol. The predicted molar refractivity (Wildman–Crippen MR) is 69.9 cm³/mol. The quantitative estimate of drug-likeness (QED) is 0.817. The molecule has 0 aliphatic rings. The molecule has 0 saturated carbocycles. The van der Waals surface area contributed by atoms with Gasteiger partial charge in [-0.25, -0.2) is 12.8 Å². The van der Waals surface area contributed by atoms with Crippen molar-refractivity contribution in [2.24, 2.45) is 0 Å². The molecule has 2 aromatic rings. The van der Waals surface area contributed by atoms with Crippen LogP contribution in [0.15, 0.2) is 52.3 Å². The third kappa shape index (κ3) is 2.72. The fraction of sp³-hybridized carbons (Fsp3) is 0.0769. The summed E-state index contributed by atoms with van der Waals surface area (Å²) in [6.07, 6.45) is 0. The standard InChI is InChI=1S/C13H10ClFO3S/c1-18-12-7-2-9(14)8-13(12)19(16,17)11-5-3-10(15)4-6-11/h2-8H,1H3. The van der Waals surface area contributed by atoms with Crippen molar-refractivity contribution in [2.45, 2.75) is 9.79 Å². The van der Waals surface area contributed by atoms with E-state index in [1.807, 2.05) is 0 Å². The third-order valence-electron chi connectivity index (χ3n) is 2.54. The Kier molecular flexibility index (Phi) is 3.78. The van der Waals surface area contributed by atoms with Gasteiger partial charge in [0, 0.05) is 5.02 Å². The number of hydrogen-bond donors (Lipinski definition) is 0. The first-order chi connectivity index (χ1) is 8.95. The Bertz CT molecular complexity index is 696. The van der Waals surface area contributed by atoms with Crippen molar-refractivity contribution in [2.75, 3.05) is 7.11 Å². The van der Waals surface area contributed by atoms with Crippen molar-refractivity contribution in [1.82, 2.24) is 0 Å². The number of hydrogen-bond acceptors (Lipinski definition) is 3. The highest BCUT2D eigenvalue weighted by atomic mass is 35.5. The van der Waals surface area contributed by atoms with Crippen LogP contribution in [0.1, 0.15) is 0 Å². The molecule has 0 atom stereocenters. The van der Waals surface area contributed by atoms with Gasteiger partial charge in [0.1, 0.15) is 16.5 Å². The summed E-state index contributed by atoms with van der Waals surface area (Å²) in [6.45, 7) is 0. The Labute approximate surface area is 115 Å². The molecule has 0 radical (unpaired) electrons. The zero-order valence-electron chi connectivity index (χ0n) is 9.93. The molecule has 0 N–H and O–H groups in total. The van der Waals surface area contributed by atoms with E-state index in [0.29, 0.717) is 0 Å². The maximum Gasteiger partial charge on any atom is 0.210 e. The Morgan fingerprint density at radius 2 is 1.74 bits per heavy atom. The summed E-state index contributed by atoms with van der Waals surface area (Å²) in [5.41, 5.74) is 0. The van der Waals surface area contributed by atoms with Crippen LogP contribution in [0.2, 0.25) is 5.02 Å². The Morgan fingerprint density at radius 3 is 2.32 bits per heavy atom. The lowest BCUT2D eigenvalue weighted by Crippen LogP contribution is -2.04. The number of ether oxygens (including phenoxy) is 1. The lowest BCUT2D eigenvalue weighted by Gasteiger charge is -2.10. The lowest BCUT2D eigenvalue weighted by atomic mass is 10.3. The van der Waals surface area contributed by atoms with Crippen LogP contribution in [0.3, 0.4) is 0 Å².